The summed E-state index contributed by atoms with van der Waals surface area (Å²) in [6.07, 6.45) is 0.493. The Kier molecular flexibility index (Phi) is 5.84. The first-order valence-electron chi connectivity index (χ1n) is 9.66. The Labute approximate surface area is 182 Å². The zero-order valence-electron chi connectivity index (χ0n) is 17.1. The van der Waals surface area contributed by atoms with Crippen molar-refractivity contribution in [3.63, 3.8) is 0 Å². The van der Waals surface area contributed by atoms with Gasteiger partial charge in [0.05, 0.1) is 31.3 Å². The van der Waals surface area contributed by atoms with E-state index < -0.39 is 5.82 Å². The zero-order chi connectivity index (χ0) is 22.1. The van der Waals surface area contributed by atoms with E-state index in [1.54, 1.807) is 18.2 Å². The van der Waals surface area contributed by atoms with Crippen LogP contribution in [-0.4, -0.2) is 43.1 Å². The van der Waals surface area contributed by atoms with Gasteiger partial charge in [0.2, 0.25) is 5.91 Å². The van der Waals surface area contributed by atoms with E-state index in [0.717, 1.165) is 0 Å². The molecule has 2 N–H and O–H groups in total. The summed E-state index contributed by atoms with van der Waals surface area (Å²) < 4.78 is 24.8. The first-order valence-corrected chi connectivity index (χ1v) is 10.0. The quantitative estimate of drug-likeness (QED) is 0.629. The molecule has 0 atom stereocenters. The second-order valence-electron chi connectivity index (χ2n) is 7.31. The molecule has 7 nitrogen and oxygen atoms in total. The molecule has 0 fully saturated rings. The molecule has 2 heterocycles. The number of carbonyl (C=O) groups is 1. The molecular formula is C22H21ClFN3O4. The van der Waals surface area contributed by atoms with Gasteiger partial charge in [-0.25, -0.2) is 4.39 Å². The molecule has 9 heteroatoms. The average Bonchev–Trinajstić information content (AvgIpc) is 2.76. The number of H-pyrrole nitrogens is 1. The average molecular weight is 446 g/mol. The maximum atomic E-state index is 14.3. The highest BCUT2D eigenvalue weighted by molar-refractivity contribution is 6.31. The van der Waals surface area contributed by atoms with E-state index >= 15 is 0 Å². The summed E-state index contributed by atoms with van der Waals surface area (Å²) in [7, 11) is 3.07. The summed E-state index contributed by atoms with van der Waals surface area (Å²) in [5, 5.41) is 3.04. The number of fused-ring (bicyclic) bond motifs is 2. The molecule has 1 aromatic heterocycles. The molecule has 1 aliphatic rings. The standard InChI is InChI=1S/C22H21ClFN3O4/c1-30-13-7-12(8-14(9-13)31-2)25-19(28)11-27-6-5-18-16(10-27)22(29)15-3-4-17(23)20(24)21(15)26-18/h3-4,7-9H,5-6,10-11H2,1-2H3,(H,25,28)(H,26,29). The lowest BCUT2D eigenvalue weighted by molar-refractivity contribution is -0.117. The summed E-state index contributed by atoms with van der Waals surface area (Å²) in [5.41, 5.74) is 1.63. The van der Waals surface area contributed by atoms with Crippen LogP contribution in [0.15, 0.2) is 35.1 Å². The topological polar surface area (TPSA) is 83.7 Å². The number of hydrogen-bond acceptors (Lipinski definition) is 5. The molecule has 0 unspecified atom stereocenters. The summed E-state index contributed by atoms with van der Waals surface area (Å²) in [6.45, 7) is 0.941. The second-order valence-corrected chi connectivity index (χ2v) is 7.71. The number of nitrogens with one attached hydrogen (secondary N) is 2. The minimum absolute atomic E-state index is 0.0358. The Morgan fingerprint density at radius 2 is 1.94 bits per heavy atom. The fourth-order valence-corrected chi connectivity index (χ4v) is 3.92. The normalized spacial score (nSPS) is 13.7. The minimum atomic E-state index is -0.630. The number of rotatable bonds is 5. The minimum Gasteiger partial charge on any atom is -0.497 e. The third-order valence-corrected chi connectivity index (χ3v) is 5.61. The van der Waals surface area contributed by atoms with Crippen LogP contribution in [0.5, 0.6) is 11.5 Å². The van der Waals surface area contributed by atoms with Gasteiger partial charge in [0, 0.05) is 60.0 Å². The van der Waals surface area contributed by atoms with Crippen LogP contribution in [0.4, 0.5) is 10.1 Å². The number of nitrogens with zero attached hydrogens (tertiary/aromatic N) is 1. The van der Waals surface area contributed by atoms with Crippen molar-refractivity contribution >= 4 is 34.1 Å². The zero-order valence-corrected chi connectivity index (χ0v) is 17.8. The molecule has 1 amide bonds. The van der Waals surface area contributed by atoms with Crippen molar-refractivity contribution in [2.24, 2.45) is 0 Å². The van der Waals surface area contributed by atoms with E-state index in [9.17, 15) is 14.0 Å². The number of aromatic nitrogens is 1. The number of anilines is 1. The Balaban J connectivity index is 1.52. The van der Waals surface area contributed by atoms with Crippen LogP contribution in [0.2, 0.25) is 5.02 Å². The van der Waals surface area contributed by atoms with Gasteiger partial charge in [0.25, 0.3) is 0 Å². The number of carbonyl (C=O) groups excluding carboxylic acids is 1. The van der Waals surface area contributed by atoms with E-state index in [4.69, 9.17) is 21.1 Å². The van der Waals surface area contributed by atoms with Crippen LogP contribution in [0, 0.1) is 5.82 Å². The molecule has 0 spiro atoms. The van der Waals surface area contributed by atoms with Gasteiger partial charge in [-0.15, -0.1) is 0 Å². The molecular weight excluding hydrogens is 425 g/mol. The van der Waals surface area contributed by atoms with E-state index in [2.05, 4.69) is 10.3 Å². The molecule has 0 aliphatic carbocycles. The van der Waals surface area contributed by atoms with Gasteiger partial charge in [-0.05, 0) is 12.1 Å². The van der Waals surface area contributed by atoms with Crippen LogP contribution in [0.1, 0.15) is 11.3 Å². The maximum absolute atomic E-state index is 14.3. The molecule has 3 aromatic rings. The van der Waals surface area contributed by atoms with E-state index in [-0.39, 0.29) is 33.8 Å². The first-order chi connectivity index (χ1) is 14.9. The highest BCUT2D eigenvalue weighted by Gasteiger charge is 2.24. The van der Waals surface area contributed by atoms with Gasteiger partial charge in [0.1, 0.15) is 11.5 Å². The number of benzene rings is 2. The van der Waals surface area contributed by atoms with Crippen LogP contribution in [-0.2, 0) is 17.8 Å². The Morgan fingerprint density at radius 3 is 2.61 bits per heavy atom. The van der Waals surface area contributed by atoms with Crippen molar-refractivity contribution in [1.82, 2.24) is 9.88 Å². The predicted molar refractivity (Wildman–Crippen MR) is 117 cm³/mol. The van der Waals surface area contributed by atoms with Crippen molar-refractivity contribution in [3.05, 3.63) is 62.7 Å². The Bertz CT molecular complexity index is 1210. The predicted octanol–water partition coefficient (Wildman–Crippen LogP) is 3.33. The molecule has 0 saturated carbocycles. The van der Waals surface area contributed by atoms with Crippen molar-refractivity contribution in [2.45, 2.75) is 13.0 Å². The van der Waals surface area contributed by atoms with Crippen molar-refractivity contribution < 1.29 is 18.7 Å². The summed E-state index contributed by atoms with van der Waals surface area (Å²) in [6, 6.07) is 7.99. The van der Waals surface area contributed by atoms with Crippen LogP contribution >= 0.6 is 11.6 Å². The summed E-state index contributed by atoms with van der Waals surface area (Å²) in [4.78, 5) is 30.4. The largest absolute Gasteiger partial charge is 0.497 e. The van der Waals surface area contributed by atoms with Crippen molar-refractivity contribution in [1.29, 1.82) is 0 Å². The monoisotopic (exact) mass is 445 g/mol. The smallest absolute Gasteiger partial charge is 0.238 e. The first kappa shape index (κ1) is 21.1. The van der Waals surface area contributed by atoms with Gasteiger partial charge in [-0.1, -0.05) is 11.6 Å². The van der Waals surface area contributed by atoms with E-state index in [1.807, 2.05) is 4.90 Å². The van der Waals surface area contributed by atoms with Gasteiger partial charge < -0.3 is 19.8 Å². The SMILES string of the molecule is COc1cc(NC(=O)CN2CCc3[nH]c4c(F)c(Cl)ccc4c(=O)c3C2)cc(OC)c1. The number of pyridine rings is 1. The molecule has 2 aromatic carbocycles. The molecule has 162 valence electrons. The molecule has 0 bridgehead atoms. The number of ether oxygens (including phenoxy) is 2. The molecule has 4 rings (SSSR count). The summed E-state index contributed by atoms with van der Waals surface area (Å²) in [5.74, 6) is 0.267. The highest BCUT2D eigenvalue weighted by atomic mass is 35.5. The molecule has 0 saturated heterocycles. The lowest BCUT2D eigenvalue weighted by Crippen LogP contribution is -2.39. The highest BCUT2D eigenvalue weighted by Crippen LogP contribution is 2.26. The van der Waals surface area contributed by atoms with Crippen LogP contribution in [0.3, 0.4) is 0 Å². The maximum Gasteiger partial charge on any atom is 0.238 e. The van der Waals surface area contributed by atoms with Crippen molar-refractivity contribution in [3.8, 4) is 11.5 Å². The number of hydrogen-bond donors (Lipinski definition) is 2. The summed E-state index contributed by atoms with van der Waals surface area (Å²) >= 11 is 5.84. The van der Waals surface area contributed by atoms with E-state index in [0.29, 0.717) is 48.0 Å². The van der Waals surface area contributed by atoms with Crippen LogP contribution in [0.25, 0.3) is 10.9 Å². The Hall–Kier alpha value is -3.10. The number of amides is 1. The third kappa shape index (κ3) is 4.22. The fourth-order valence-electron chi connectivity index (χ4n) is 3.76. The third-order valence-electron chi connectivity index (χ3n) is 5.32. The number of methoxy groups -OCH3 is 2. The number of aromatic amines is 1. The molecule has 0 radical (unpaired) electrons. The molecule has 31 heavy (non-hydrogen) atoms. The molecule has 1 aliphatic heterocycles. The lowest BCUT2D eigenvalue weighted by atomic mass is 10.0. The van der Waals surface area contributed by atoms with Gasteiger partial charge in [-0.2, -0.15) is 0 Å². The second kappa shape index (κ2) is 8.56. The number of halogens is 2. The lowest BCUT2D eigenvalue weighted by Gasteiger charge is -2.28. The van der Waals surface area contributed by atoms with Gasteiger partial charge in [0.15, 0.2) is 11.2 Å². The van der Waals surface area contributed by atoms with Gasteiger partial charge >= 0.3 is 0 Å². The van der Waals surface area contributed by atoms with Gasteiger partial charge in [-0.3, -0.25) is 14.5 Å². The Morgan fingerprint density at radius 1 is 1.23 bits per heavy atom. The van der Waals surface area contributed by atoms with Crippen molar-refractivity contribution in [2.75, 3.05) is 32.6 Å². The van der Waals surface area contributed by atoms with E-state index in [1.165, 1.54) is 26.4 Å². The fraction of sp³-hybridized carbons (Fsp3) is 0.273. The van der Waals surface area contributed by atoms with Crippen LogP contribution < -0.4 is 20.2 Å².